The number of halogens is 1. The number of piperazine rings is 1. The Morgan fingerprint density at radius 2 is 2.00 bits per heavy atom. The zero-order valence-electron chi connectivity index (χ0n) is 17.3. The lowest BCUT2D eigenvalue weighted by Crippen LogP contribution is -2.51. The number of piperidine rings is 1. The first-order valence-electron chi connectivity index (χ1n) is 10.3. The number of aromatic nitrogens is 3. The van der Waals surface area contributed by atoms with Crippen molar-refractivity contribution < 1.29 is 4.79 Å². The molecule has 2 aromatic rings. The van der Waals surface area contributed by atoms with Crippen LogP contribution in [0.25, 0.3) is 5.82 Å². The molecule has 0 aromatic carbocycles. The Morgan fingerprint density at radius 3 is 2.72 bits per heavy atom. The molecule has 0 aliphatic carbocycles. The average molecular weight is 419 g/mol. The van der Waals surface area contributed by atoms with Gasteiger partial charge in [0, 0.05) is 56.7 Å². The van der Waals surface area contributed by atoms with Gasteiger partial charge in [0.25, 0.3) is 0 Å². The minimum atomic E-state index is 0. The number of carbonyl (C=O) groups excluding carboxylic acids is 1. The first-order chi connectivity index (χ1) is 13.6. The van der Waals surface area contributed by atoms with Crippen molar-refractivity contribution >= 4 is 18.3 Å². The lowest BCUT2D eigenvalue weighted by Gasteiger charge is -2.36. The highest BCUT2D eigenvalue weighted by Crippen LogP contribution is 2.24. The van der Waals surface area contributed by atoms with Gasteiger partial charge in [-0.1, -0.05) is 6.07 Å². The number of carbonyl (C=O) groups is 1. The predicted molar refractivity (Wildman–Crippen MR) is 116 cm³/mol. The van der Waals surface area contributed by atoms with Crippen LogP contribution in [-0.4, -0.2) is 69.7 Å². The summed E-state index contributed by atoms with van der Waals surface area (Å²) in [4.78, 5) is 21.8. The first kappa shape index (κ1) is 21.7. The van der Waals surface area contributed by atoms with Crippen LogP contribution < -0.4 is 5.32 Å². The van der Waals surface area contributed by atoms with E-state index in [1.165, 1.54) is 5.56 Å². The molecule has 2 aromatic heterocycles. The van der Waals surface area contributed by atoms with Crippen LogP contribution in [0.3, 0.4) is 0 Å². The fraction of sp³-hybridized carbons (Fsp3) is 0.571. The van der Waals surface area contributed by atoms with Gasteiger partial charge in [-0.05, 0) is 45.4 Å². The third kappa shape index (κ3) is 4.79. The van der Waals surface area contributed by atoms with E-state index in [9.17, 15) is 4.79 Å². The quantitative estimate of drug-likeness (QED) is 0.822. The zero-order chi connectivity index (χ0) is 19.5. The maximum absolute atomic E-state index is 12.9. The summed E-state index contributed by atoms with van der Waals surface area (Å²) in [5.41, 5.74) is 3.42. The van der Waals surface area contributed by atoms with Gasteiger partial charge in [-0.25, -0.2) is 9.67 Å². The van der Waals surface area contributed by atoms with Crippen LogP contribution in [0.2, 0.25) is 0 Å². The van der Waals surface area contributed by atoms with Crippen molar-refractivity contribution in [2.75, 3.05) is 39.3 Å². The Labute approximate surface area is 178 Å². The van der Waals surface area contributed by atoms with E-state index < -0.39 is 0 Å². The summed E-state index contributed by atoms with van der Waals surface area (Å²) >= 11 is 0. The lowest BCUT2D eigenvalue weighted by atomic mass is 9.95. The molecule has 0 bridgehead atoms. The van der Waals surface area contributed by atoms with Crippen LogP contribution in [-0.2, 0) is 11.3 Å². The van der Waals surface area contributed by atoms with Gasteiger partial charge in [0.05, 0.1) is 11.6 Å². The minimum absolute atomic E-state index is 0. The number of likely N-dealkylation sites (tertiary alicyclic amines) is 1. The van der Waals surface area contributed by atoms with E-state index in [0.717, 1.165) is 75.9 Å². The van der Waals surface area contributed by atoms with E-state index in [1.807, 2.05) is 27.8 Å². The van der Waals surface area contributed by atoms with Crippen LogP contribution in [0.4, 0.5) is 0 Å². The number of rotatable bonds is 4. The Balaban J connectivity index is 0.00000240. The summed E-state index contributed by atoms with van der Waals surface area (Å²) < 4.78 is 1.93. The van der Waals surface area contributed by atoms with Gasteiger partial charge in [0.2, 0.25) is 5.91 Å². The number of hydrogen-bond donors (Lipinski definition) is 1. The van der Waals surface area contributed by atoms with E-state index in [-0.39, 0.29) is 18.3 Å². The minimum Gasteiger partial charge on any atom is -0.340 e. The van der Waals surface area contributed by atoms with Gasteiger partial charge in [0.1, 0.15) is 0 Å². The van der Waals surface area contributed by atoms with Crippen LogP contribution >= 0.6 is 12.4 Å². The summed E-state index contributed by atoms with van der Waals surface area (Å²) in [6, 6.07) is 5.88. The summed E-state index contributed by atoms with van der Waals surface area (Å²) in [6.45, 7) is 10.4. The molecule has 2 aliphatic rings. The first-order valence-corrected chi connectivity index (χ1v) is 10.3. The fourth-order valence-electron chi connectivity index (χ4n) is 4.37. The van der Waals surface area contributed by atoms with E-state index in [0.29, 0.717) is 5.91 Å². The molecule has 1 amide bonds. The molecule has 1 N–H and O–H groups in total. The molecule has 2 saturated heterocycles. The second-order valence-electron chi connectivity index (χ2n) is 7.90. The van der Waals surface area contributed by atoms with Gasteiger partial charge >= 0.3 is 0 Å². The van der Waals surface area contributed by atoms with Crippen LogP contribution in [0.15, 0.2) is 24.4 Å². The summed E-state index contributed by atoms with van der Waals surface area (Å²) in [5.74, 6) is 1.31. The molecule has 29 heavy (non-hydrogen) atoms. The summed E-state index contributed by atoms with van der Waals surface area (Å²) in [7, 11) is 0. The highest BCUT2D eigenvalue weighted by Gasteiger charge is 2.30. The molecule has 8 heteroatoms. The van der Waals surface area contributed by atoms with Crippen molar-refractivity contribution in [1.82, 2.24) is 29.9 Å². The third-order valence-electron chi connectivity index (χ3n) is 5.97. The number of amides is 1. The van der Waals surface area contributed by atoms with E-state index in [4.69, 9.17) is 5.10 Å². The van der Waals surface area contributed by atoms with E-state index >= 15 is 0 Å². The van der Waals surface area contributed by atoms with Gasteiger partial charge in [-0.15, -0.1) is 12.4 Å². The van der Waals surface area contributed by atoms with Crippen molar-refractivity contribution in [3.63, 3.8) is 0 Å². The molecule has 0 spiro atoms. The molecule has 0 radical (unpaired) electrons. The second kappa shape index (κ2) is 9.69. The average Bonchev–Trinajstić information content (AvgIpc) is 3.03. The molecule has 2 fully saturated rings. The summed E-state index contributed by atoms with van der Waals surface area (Å²) in [5, 5.41) is 8.04. The Kier molecular flexibility index (Phi) is 7.27. The van der Waals surface area contributed by atoms with Crippen molar-refractivity contribution in [2.45, 2.75) is 33.2 Å². The predicted octanol–water partition coefficient (Wildman–Crippen LogP) is 1.95. The van der Waals surface area contributed by atoms with Crippen LogP contribution in [0.1, 0.15) is 29.8 Å². The maximum Gasteiger partial charge on any atom is 0.227 e. The highest BCUT2D eigenvalue weighted by atomic mass is 35.5. The molecule has 4 heterocycles. The van der Waals surface area contributed by atoms with Crippen molar-refractivity contribution in [3.8, 4) is 5.82 Å². The Hall–Kier alpha value is -1.96. The second-order valence-corrected chi connectivity index (χ2v) is 7.90. The van der Waals surface area contributed by atoms with Gasteiger partial charge in [-0.2, -0.15) is 5.10 Å². The van der Waals surface area contributed by atoms with E-state index in [2.05, 4.69) is 29.0 Å². The molecule has 1 atom stereocenters. The standard InChI is InChI=1S/C21H30N6O.ClH/c1-16-19(17(2)27(24-16)20-7-3-4-8-23-20)15-25-11-5-6-18(14-25)21(28)26-12-9-22-10-13-26;/h3-4,7-8,18,22H,5-6,9-15H2,1-2H3;1H. The number of hydrogen-bond acceptors (Lipinski definition) is 5. The largest absolute Gasteiger partial charge is 0.340 e. The fourth-order valence-corrected chi connectivity index (χ4v) is 4.37. The number of nitrogens with one attached hydrogen (secondary N) is 1. The number of pyridine rings is 1. The molecule has 4 rings (SSSR count). The number of aryl methyl sites for hydroxylation is 1. The molecule has 0 saturated carbocycles. The normalized spacial score (nSPS) is 20.3. The van der Waals surface area contributed by atoms with Crippen LogP contribution in [0.5, 0.6) is 0 Å². The van der Waals surface area contributed by atoms with Crippen molar-refractivity contribution in [2.24, 2.45) is 5.92 Å². The molecule has 1 unspecified atom stereocenters. The highest BCUT2D eigenvalue weighted by molar-refractivity contribution is 5.85. The summed E-state index contributed by atoms with van der Waals surface area (Å²) in [6.07, 6.45) is 3.88. The monoisotopic (exact) mass is 418 g/mol. The lowest BCUT2D eigenvalue weighted by molar-refractivity contribution is -0.138. The molecular weight excluding hydrogens is 388 g/mol. The molecule has 7 nitrogen and oxygen atoms in total. The van der Waals surface area contributed by atoms with Gasteiger partial charge in [-0.3, -0.25) is 9.69 Å². The topological polar surface area (TPSA) is 66.3 Å². The third-order valence-corrected chi connectivity index (χ3v) is 5.97. The van der Waals surface area contributed by atoms with E-state index in [1.54, 1.807) is 6.20 Å². The van der Waals surface area contributed by atoms with Gasteiger partial charge in [0.15, 0.2) is 5.82 Å². The number of nitrogens with zero attached hydrogens (tertiary/aromatic N) is 5. The van der Waals surface area contributed by atoms with Crippen molar-refractivity contribution in [3.05, 3.63) is 41.3 Å². The Bertz CT molecular complexity index is 818. The van der Waals surface area contributed by atoms with Gasteiger partial charge < -0.3 is 10.2 Å². The maximum atomic E-state index is 12.9. The SMILES string of the molecule is Cc1nn(-c2ccccn2)c(C)c1CN1CCCC(C(=O)N2CCNCC2)C1.Cl. The Morgan fingerprint density at radius 1 is 1.21 bits per heavy atom. The molecular formula is C21H31ClN6O. The molecule has 2 aliphatic heterocycles. The van der Waals surface area contributed by atoms with Crippen molar-refractivity contribution in [1.29, 1.82) is 0 Å². The van der Waals surface area contributed by atoms with Crippen LogP contribution in [0, 0.1) is 19.8 Å². The smallest absolute Gasteiger partial charge is 0.227 e. The zero-order valence-corrected chi connectivity index (χ0v) is 18.1. The molecule has 158 valence electrons.